The molecule has 7 heteroatoms. The number of quaternary nitrogens is 2. The number of hydrogen-bond donors (Lipinski definition) is 3. The molecule has 0 aromatic heterocycles. The van der Waals surface area contributed by atoms with Crippen LogP contribution in [0.4, 0.5) is 0 Å². The number of rotatable bonds is 10. The first-order chi connectivity index (χ1) is 12.6. The summed E-state index contributed by atoms with van der Waals surface area (Å²) in [5.41, 5.74) is 0.916. The van der Waals surface area contributed by atoms with Crippen molar-refractivity contribution in [1.29, 1.82) is 0 Å². The number of methoxy groups -OCH3 is 3. The predicted octanol–water partition coefficient (Wildman–Crippen LogP) is -1.61. The van der Waals surface area contributed by atoms with Crippen LogP contribution in [-0.2, 0) is 11.3 Å². The monoisotopic (exact) mass is 370 g/mol. The van der Waals surface area contributed by atoms with Gasteiger partial charge in [0.15, 0.2) is 11.5 Å². The summed E-state index contributed by atoms with van der Waals surface area (Å²) in [7, 11) is 4.76. The molecule has 3 N–H and O–H groups in total. The van der Waals surface area contributed by atoms with Crippen molar-refractivity contribution in [2.24, 2.45) is 0 Å². The lowest BCUT2D eigenvalue weighted by atomic mass is 10.2. The molecule has 0 aliphatic carbocycles. The van der Waals surface area contributed by atoms with Crippen LogP contribution < -0.4 is 24.0 Å². The van der Waals surface area contributed by atoms with Gasteiger partial charge in [0.2, 0.25) is 5.75 Å². The van der Waals surface area contributed by atoms with Crippen LogP contribution in [0.2, 0.25) is 0 Å². The Morgan fingerprint density at radius 1 is 0.962 bits per heavy atom. The summed E-state index contributed by atoms with van der Waals surface area (Å²) in [5, 5.41) is 10.3. The highest BCUT2D eigenvalue weighted by Gasteiger charge is 2.23. The molecule has 26 heavy (non-hydrogen) atoms. The minimum absolute atomic E-state index is 0.324. The molecule has 1 aromatic rings. The zero-order chi connectivity index (χ0) is 18.9. The third-order valence-corrected chi connectivity index (χ3v) is 4.99. The highest BCUT2D eigenvalue weighted by molar-refractivity contribution is 5.53. The zero-order valence-corrected chi connectivity index (χ0v) is 16.5. The van der Waals surface area contributed by atoms with Gasteiger partial charge >= 0.3 is 0 Å². The van der Waals surface area contributed by atoms with Gasteiger partial charge < -0.3 is 33.9 Å². The Morgan fingerprint density at radius 3 is 2.04 bits per heavy atom. The van der Waals surface area contributed by atoms with Crippen molar-refractivity contribution < 1.29 is 33.9 Å². The highest BCUT2D eigenvalue weighted by Crippen LogP contribution is 2.38. The van der Waals surface area contributed by atoms with E-state index in [1.807, 2.05) is 12.1 Å². The van der Waals surface area contributed by atoms with E-state index in [1.54, 1.807) is 26.2 Å². The fourth-order valence-corrected chi connectivity index (χ4v) is 3.44. The normalized spacial score (nSPS) is 21.3. The van der Waals surface area contributed by atoms with E-state index in [9.17, 15) is 5.11 Å². The number of piperazine rings is 1. The number of benzene rings is 1. The lowest BCUT2D eigenvalue weighted by Gasteiger charge is -2.30. The van der Waals surface area contributed by atoms with E-state index in [0.717, 1.165) is 25.2 Å². The van der Waals surface area contributed by atoms with E-state index < -0.39 is 6.10 Å². The molecule has 0 amide bonds. The van der Waals surface area contributed by atoms with Gasteiger partial charge in [0.1, 0.15) is 38.8 Å². The largest absolute Gasteiger partial charge is 0.493 e. The second-order valence-electron chi connectivity index (χ2n) is 6.76. The number of likely N-dealkylation sites (N-methyl/N-ethyl adjacent to an activating group) is 1. The maximum atomic E-state index is 10.3. The molecule has 0 unspecified atom stereocenters. The number of aliphatic hydroxyl groups excluding tert-OH is 1. The Bertz CT molecular complexity index is 522. The van der Waals surface area contributed by atoms with Crippen molar-refractivity contribution in [3.63, 3.8) is 0 Å². The standard InChI is InChI=1S/C19H32N2O5/c1-5-20-6-8-21(9-7-20)12-16(22)14-26-13-15-10-17(23-2)19(25-4)18(11-15)24-3/h10-11,16,22H,5-9,12-14H2,1-4H3/p+2/t16-/m1/s1. The van der Waals surface area contributed by atoms with Crippen molar-refractivity contribution in [3.8, 4) is 17.2 Å². The molecular formula is C19H34N2O5+2. The molecular weight excluding hydrogens is 336 g/mol. The third-order valence-electron chi connectivity index (χ3n) is 4.99. The van der Waals surface area contributed by atoms with Gasteiger partial charge in [-0.3, -0.25) is 0 Å². The molecule has 1 aromatic carbocycles. The van der Waals surface area contributed by atoms with Gasteiger partial charge in [-0.05, 0) is 24.6 Å². The first kappa shape index (κ1) is 20.8. The zero-order valence-electron chi connectivity index (χ0n) is 16.5. The average molecular weight is 370 g/mol. The summed E-state index contributed by atoms with van der Waals surface area (Å²) in [4.78, 5) is 3.12. The topological polar surface area (TPSA) is 66.0 Å². The Labute approximate surface area is 156 Å². The Kier molecular flexibility index (Phi) is 8.44. The minimum Gasteiger partial charge on any atom is -0.493 e. The SMILES string of the molecule is CC[NH+]1CC[NH+](C[C@@H](O)COCc2cc(OC)c(OC)c(OC)c2)CC1. The summed E-state index contributed by atoms with van der Waals surface area (Å²) in [5.74, 6) is 1.77. The molecule has 2 rings (SSSR count). The molecule has 0 radical (unpaired) electrons. The number of ether oxygens (including phenoxy) is 4. The van der Waals surface area contributed by atoms with E-state index in [0.29, 0.717) is 30.5 Å². The van der Waals surface area contributed by atoms with E-state index in [2.05, 4.69) is 6.92 Å². The van der Waals surface area contributed by atoms with Crippen LogP contribution >= 0.6 is 0 Å². The molecule has 0 bridgehead atoms. The maximum absolute atomic E-state index is 10.3. The molecule has 7 nitrogen and oxygen atoms in total. The van der Waals surface area contributed by atoms with Crippen LogP contribution in [0.15, 0.2) is 12.1 Å². The summed E-state index contributed by atoms with van der Waals surface area (Å²) in [6, 6.07) is 3.73. The molecule has 1 atom stereocenters. The molecule has 1 fully saturated rings. The molecule has 0 saturated carbocycles. The van der Waals surface area contributed by atoms with E-state index in [4.69, 9.17) is 18.9 Å². The minimum atomic E-state index is -0.449. The van der Waals surface area contributed by atoms with Crippen LogP contribution in [0.1, 0.15) is 12.5 Å². The number of aliphatic hydroxyl groups is 1. The summed E-state index contributed by atoms with van der Waals surface area (Å²) >= 11 is 0. The van der Waals surface area contributed by atoms with Crippen molar-refractivity contribution >= 4 is 0 Å². The first-order valence-corrected chi connectivity index (χ1v) is 9.33. The molecule has 1 heterocycles. The average Bonchev–Trinajstić information content (AvgIpc) is 2.67. The van der Waals surface area contributed by atoms with Crippen molar-refractivity contribution in [2.75, 3.05) is 67.2 Å². The molecule has 1 saturated heterocycles. The molecule has 1 aliphatic heterocycles. The Morgan fingerprint density at radius 2 is 1.54 bits per heavy atom. The summed E-state index contributed by atoms with van der Waals surface area (Å²) < 4.78 is 21.7. The van der Waals surface area contributed by atoms with Gasteiger partial charge in [-0.1, -0.05) is 0 Å². The van der Waals surface area contributed by atoms with Crippen LogP contribution in [0.3, 0.4) is 0 Å². The van der Waals surface area contributed by atoms with E-state index >= 15 is 0 Å². The van der Waals surface area contributed by atoms with Crippen molar-refractivity contribution in [3.05, 3.63) is 17.7 Å². The quantitative estimate of drug-likeness (QED) is 0.463. The molecule has 0 spiro atoms. The van der Waals surface area contributed by atoms with Crippen molar-refractivity contribution in [2.45, 2.75) is 19.6 Å². The fourth-order valence-electron chi connectivity index (χ4n) is 3.44. The van der Waals surface area contributed by atoms with E-state index in [-0.39, 0.29) is 0 Å². The number of hydrogen-bond acceptors (Lipinski definition) is 5. The highest BCUT2D eigenvalue weighted by atomic mass is 16.5. The maximum Gasteiger partial charge on any atom is 0.203 e. The van der Waals surface area contributed by atoms with Gasteiger partial charge in [0.25, 0.3) is 0 Å². The van der Waals surface area contributed by atoms with Gasteiger partial charge in [0.05, 0.1) is 41.1 Å². The first-order valence-electron chi connectivity index (χ1n) is 9.33. The molecule has 1 aliphatic rings. The Hall–Kier alpha value is -1.54. The fraction of sp³-hybridized carbons (Fsp3) is 0.684. The summed E-state index contributed by atoms with van der Waals surface area (Å²) in [6.45, 7) is 9.48. The lowest BCUT2D eigenvalue weighted by Crippen LogP contribution is -3.28. The smallest absolute Gasteiger partial charge is 0.203 e. The lowest BCUT2D eigenvalue weighted by molar-refractivity contribution is -1.01. The van der Waals surface area contributed by atoms with E-state index in [1.165, 1.54) is 24.5 Å². The van der Waals surface area contributed by atoms with Crippen LogP contribution in [0.25, 0.3) is 0 Å². The predicted molar refractivity (Wildman–Crippen MR) is 98.6 cm³/mol. The second-order valence-corrected chi connectivity index (χ2v) is 6.76. The van der Waals surface area contributed by atoms with Crippen molar-refractivity contribution in [1.82, 2.24) is 0 Å². The van der Waals surface area contributed by atoms with Crippen LogP contribution in [0, 0.1) is 0 Å². The molecule has 148 valence electrons. The third kappa shape index (κ3) is 5.74. The van der Waals surface area contributed by atoms with Crippen LogP contribution in [0.5, 0.6) is 17.2 Å². The van der Waals surface area contributed by atoms with Gasteiger partial charge in [0, 0.05) is 0 Å². The van der Waals surface area contributed by atoms with Gasteiger partial charge in [-0.2, -0.15) is 0 Å². The van der Waals surface area contributed by atoms with Gasteiger partial charge in [-0.15, -0.1) is 0 Å². The Balaban J connectivity index is 1.80. The van der Waals surface area contributed by atoms with Gasteiger partial charge in [-0.25, -0.2) is 0 Å². The number of nitrogens with one attached hydrogen (secondary N) is 2. The summed E-state index contributed by atoms with van der Waals surface area (Å²) in [6.07, 6.45) is -0.449. The van der Waals surface area contributed by atoms with Crippen LogP contribution in [-0.4, -0.2) is 78.4 Å². The second kappa shape index (κ2) is 10.6.